The van der Waals surface area contributed by atoms with Gasteiger partial charge in [0.15, 0.2) is 0 Å². The van der Waals surface area contributed by atoms with E-state index in [1.54, 1.807) is 0 Å². The number of likely N-dealkylation sites (tertiary alicyclic amines) is 1. The molecular weight excluding hydrogens is 452 g/mol. The average Bonchev–Trinajstić information content (AvgIpc) is 3.49. The SMILES string of the molecule is CN1CCC[C@H]1COc1nc(N2C[C@H]3CC[C@@H](C2)N3)c2ccc(-c3ccc4c(c3)NCCO4)cc2n1. The molecule has 36 heavy (non-hydrogen) atoms. The molecule has 5 heterocycles. The molecule has 3 saturated heterocycles. The van der Waals surface area contributed by atoms with Gasteiger partial charge in [0.2, 0.25) is 0 Å². The van der Waals surface area contributed by atoms with E-state index in [2.05, 4.69) is 63.9 Å². The first-order valence-electron chi connectivity index (χ1n) is 13.4. The van der Waals surface area contributed by atoms with Crippen molar-refractivity contribution >= 4 is 22.4 Å². The highest BCUT2D eigenvalue weighted by atomic mass is 16.5. The van der Waals surface area contributed by atoms with E-state index in [-0.39, 0.29) is 0 Å². The average molecular weight is 487 g/mol. The number of piperazine rings is 1. The van der Waals surface area contributed by atoms with Crippen LogP contribution >= 0.6 is 0 Å². The van der Waals surface area contributed by atoms with E-state index >= 15 is 0 Å². The van der Waals surface area contributed by atoms with Crippen molar-refractivity contribution < 1.29 is 9.47 Å². The molecule has 2 bridgehead atoms. The molecule has 8 heteroatoms. The molecule has 4 aliphatic rings. The van der Waals surface area contributed by atoms with E-state index in [9.17, 15) is 0 Å². The van der Waals surface area contributed by atoms with Crippen LogP contribution in [0, 0.1) is 0 Å². The Morgan fingerprint density at radius 1 is 1.03 bits per heavy atom. The fraction of sp³-hybridized carbons (Fsp3) is 0.500. The van der Waals surface area contributed by atoms with Gasteiger partial charge >= 0.3 is 6.01 Å². The van der Waals surface area contributed by atoms with Crippen LogP contribution in [0.2, 0.25) is 0 Å². The van der Waals surface area contributed by atoms with E-state index in [0.29, 0.717) is 37.3 Å². The molecule has 0 spiro atoms. The number of nitrogens with one attached hydrogen (secondary N) is 2. The van der Waals surface area contributed by atoms with Crippen LogP contribution in [0.3, 0.4) is 0 Å². The maximum atomic E-state index is 6.26. The van der Waals surface area contributed by atoms with Crippen LogP contribution in [-0.2, 0) is 0 Å². The molecule has 1 aromatic heterocycles. The van der Waals surface area contributed by atoms with Crippen LogP contribution in [0.1, 0.15) is 25.7 Å². The summed E-state index contributed by atoms with van der Waals surface area (Å²) in [6, 6.07) is 14.9. The van der Waals surface area contributed by atoms with Gasteiger partial charge in [0.1, 0.15) is 24.8 Å². The Hall–Kier alpha value is -3.10. The quantitative estimate of drug-likeness (QED) is 0.568. The summed E-state index contributed by atoms with van der Waals surface area (Å²) in [6.07, 6.45) is 4.86. The van der Waals surface area contributed by atoms with Crippen LogP contribution in [-0.4, -0.2) is 79.4 Å². The van der Waals surface area contributed by atoms with Crippen LogP contribution in [0.15, 0.2) is 36.4 Å². The van der Waals surface area contributed by atoms with Gasteiger partial charge in [-0.3, -0.25) is 0 Å². The van der Waals surface area contributed by atoms with Gasteiger partial charge in [-0.05, 0) is 74.7 Å². The largest absolute Gasteiger partial charge is 0.490 e. The summed E-state index contributed by atoms with van der Waals surface area (Å²) in [5, 5.41) is 8.27. The number of hydrogen-bond donors (Lipinski definition) is 2. The summed E-state index contributed by atoms with van der Waals surface area (Å²) in [5.74, 6) is 1.91. The molecule has 0 aliphatic carbocycles. The lowest BCUT2D eigenvalue weighted by atomic mass is 10.0. The highest BCUT2D eigenvalue weighted by molar-refractivity contribution is 5.93. The lowest BCUT2D eigenvalue weighted by Gasteiger charge is -2.34. The van der Waals surface area contributed by atoms with Crippen LogP contribution in [0.4, 0.5) is 11.5 Å². The molecule has 0 unspecified atom stereocenters. The predicted molar refractivity (Wildman–Crippen MR) is 142 cm³/mol. The summed E-state index contributed by atoms with van der Waals surface area (Å²) < 4.78 is 12.0. The van der Waals surface area contributed by atoms with Gasteiger partial charge in [-0.25, -0.2) is 0 Å². The van der Waals surface area contributed by atoms with Gasteiger partial charge in [-0.15, -0.1) is 0 Å². The minimum Gasteiger partial charge on any atom is -0.490 e. The second kappa shape index (κ2) is 9.09. The van der Waals surface area contributed by atoms with Crippen molar-refractivity contribution in [1.82, 2.24) is 20.2 Å². The number of ether oxygens (including phenoxy) is 2. The molecule has 0 radical (unpaired) electrons. The minimum absolute atomic E-state index is 0.430. The Morgan fingerprint density at radius 3 is 2.69 bits per heavy atom. The monoisotopic (exact) mass is 486 g/mol. The Kier molecular flexibility index (Phi) is 5.58. The maximum absolute atomic E-state index is 6.26. The smallest absolute Gasteiger partial charge is 0.319 e. The zero-order valence-electron chi connectivity index (χ0n) is 20.9. The molecule has 2 N–H and O–H groups in total. The molecule has 0 saturated carbocycles. The third kappa shape index (κ3) is 4.12. The summed E-state index contributed by atoms with van der Waals surface area (Å²) >= 11 is 0. The van der Waals surface area contributed by atoms with Gasteiger partial charge in [0.05, 0.1) is 11.2 Å². The number of hydrogen-bond acceptors (Lipinski definition) is 8. The van der Waals surface area contributed by atoms with Crippen molar-refractivity contribution in [3.8, 4) is 22.9 Å². The summed E-state index contributed by atoms with van der Waals surface area (Å²) in [6.45, 7) is 5.25. The Balaban J connectivity index is 1.26. The maximum Gasteiger partial charge on any atom is 0.319 e. The van der Waals surface area contributed by atoms with Crippen molar-refractivity contribution in [1.29, 1.82) is 0 Å². The summed E-state index contributed by atoms with van der Waals surface area (Å²) in [4.78, 5) is 14.7. The minimum atomic E-state index is 0.430. The summed E-state index contributed by atoms with van der Waals surface area (Å²) in [5.41, 5.74) is 4.25. The van der Waals surface area contributed by atoms with Crippen LogP contribution in [0.5, 0.6) is 11.8 Å². The first kappa shape index (κ1) is 22.1. The van der Waals surface area contributed by atoms with Gasteiger partial charge in [-0.1, -0.05) is 12.1 Å². The van der Waals surface area contributed by atoms with E-state index in [4.69, 9.17) is 19.4 Å². The Morgan fingerprint density at radius 2 is 1.86 bits per heavy atom. The van der Waals surface area contributed by atoms with Crippen molar-refractivity contribution in [2.45, 2.75) is 43.8 Å². The van der Waals surface area contributed by atoms with E-state index < -0.39 is 0 Å². The number of likely N-dealkylation sites (N-methyl/N-ethyl adjacent to an activating group) is 1. The molecule has 0 amide bonds. The van der Waals surface area contributed by atoms with Crippen molar-refractivity contribution in [2.24, 2.45) is 0 Å². The Labute approximate surface area is 212 Å². The lowest BCUT2D eigenvalue weighted by Crippen LogP contribution is -2.51. The molecule has 3 atom stereocenters. The molecular formula is C28H34N6O2. The third-order valence-electron chi connectivity index (χ3n) is 8.24. The normalized spacial score (nSPS) is 25.5. The Bertz CT molecular complexity index is 1270. The third-order valence-corrected chi connectivity index (χ3v) is 8.24. The van der Waals surface area contributed by atoms with Gasteiger partial charge < -0.3 is 29.9 Å². The van der Waals surface area contributed by atoms with Gasteiger partial charge in [0, 0.05) is 43.1 Å². The lowest BCUT2D eigenvalue weighted by molar-refractivity contribution is 0.188. The van der Waals surface area contributed by atoms with Crippen molar-refractivity contribution in [2.75, 3.05) is 56.7 Å². The fourth-order valence-corrected chi connectivity index (χ4v) is 6.23. The fourth-order valence-electron chi connectivity index (χ4n) is 6.23. The highest BCUT2D eigenvalue weighted by Crippen LogP contribution is 2.36. The zero-order valence-corrected chi connectivity index (χ0v) is 20.9. The van der Waals surface area contributed by atoms with Crippen molar-refractivity contribution in [3.63, 3.8) is 0 Å². The first-order valence-corrected chi connectivity index (χ1v) is 13.4. The standard InChI is InChI=1S/C28H34N6O2/c1-33-11-2-3-22(33)17-36-28-31-24-13-18(19-5-9-26-25(14-19)29-10-12-35-26)4-8-23(24)27(32-28)34-15-20-6-7-21(16-34)30-20/h4-5,8-9,13-14,20-22,29-30H,2-3,6-7,10-12,15-17H2,1H3/t20-,21+,22-/m0/s1. The molecule has 7 rings (SSSR count). The number of benzene rings is 2. The predicted octanol–water partition coefficient (Wildman–Crippen LogP) is 3.51. The first-order chi connectivity index (χ1) is 17.7. The highest BCUT2D eigenvalue weighted by Gasteiger charge is 2.34. The number of nitrogens with zero attached hydrogens (tertiary/aromatic N) is 4. The summed E-state index contributed by atoms with van der Waals surface area (Å²) in [7, 11) is 2.18. The molecule has 3 aromatic rings. The topological polar surface area (TPSA) is 74.8 Å². The second-order valence-electron chi connectivity index (χ2n) is 10.7. The van der Waals surface area contributed by atoms with Crippen LogP contribution < -0.4 is 25.0 Å². The van der Waals surface area contributed by atoms with Crippen molar-refractivity contribution in [3.05, 3.63) is 36.4 Å². The van der Waals surface area contributed by atoms with Crippen LogP contribution in [0.25, 0.3) is 22.0 Å². The van der Waals surface area contributed by atoms with Gasteiger partial charge in [-0.2, -0.15) is 9.97 Å². The number of aromatic nitrogens is 2. The second-order valence-corrected chi connectivity index (χ2v) is 10.7. The number of fused-ring (bicyclic) bond motifs is 4. The van der Waals surface area contributed by atoms with E-state index in [1.807, 2.05) is 0 Å². The molecule has 188 valence electrons. The van der Waals surface area contributed by atoms with E-state index in [1.165, 1.54) is 19.3 Å². The zero-order chi connectivity index (χ0) is 24.1. The van der Waals surface area contributed by atoms with Gasteiger partial charge in [0.25, 0.3) is 0 Å². The molecule has 4 aliphatic heterocycles. The van der Waals surface area contributed by atoms with E-state index in [0.717, 1.165) is 71.9 Å². The molecule has 2 aromatic carbocycles. The molecule has 8 nitrogen and oxygen atoms in total. The number of anilines is 2. The molecule has 3 fully saturated rings. The number of rotatable bonds is 5.